The van der Waals surface area contributed by atoms with Gasteiger partial charge >= 0.3 is 45.6 Å². The van der Waals surface area contributed by atoms with Gasteiger partial charge in [-0.15, -0.1) is 0 Å². The van der Waals surface area contributed by atoms with Crippen LogP contribution in [0.15, 0.2) is 0 Å². The zero-order valence-electron chi connectivity index (χ0n) is 28.8. The van der Waals surface area contributed by atoms with Crippen molar-refractivity contribution in [3.8, 4) is 0 Å². The molecule has 6 fully saturated rings. The Hall–Kier alpha value is 0.740. The highest BCUT2D eigenvalue weighted by Crippen LogP contribution is 2.58. The van der Waals surface area contributed by atoms with E-state index in [0.717, 1.165) is 0 Å². The van der Waals surface area contributed by atoms with Crippen LogP contribution < -0.4 is 0 Å². The summed E-state index contributed by atoms with van der Waals surface area (Å²) in [5, 5.41) is 0. The second-order valence-electron chi connectivity index (χ2n) is 12.5. The number of rotatable bonds is 21. The van der Waals surface area contributed by atoms with Crippen LogP contribution in [0.25, 0.3) is 0 Å². The zero-order chi connectivity index (χ0) is 36.8. The maximum atomic E-state index is 13.3. The van der Waals surface area contributed by atoms with Gasteiger partial charge in [0.25, 0.3) is 0 Å². The standard InChI is InChI=1S/C24H48N4O18P6/c29-47(35-7-8-36-47)19-26(20-48(30)37-9-10-38-48)4-1-25(2-5-27(21-49(31)39-11-12-40-49)22-50(32)41-13-14-42-50)3-6-28(23-51(33)43-15-16-44-51)24-52(34)45-17-18-46-52/h1-24H2. The summed E-state index contributed by atoms with van der Waals surface area (Å²) in [5.74, 6) is 0. The van der Waals surface area contributed by atoms with E-state index in [0.29, 0.717) is 0 Å². The van der Waals surface area contributed by atoms with Gasteiger partial charge in [0.05, 0.1) is 79.3 Å². The van der Waals surface area contributed by atoms with Crippen LogP contribution in [0.3, 0.4) is 0 Å². The summed E-state index contributed by atoms with van der Waals surface area (Å²) in [4.78, 5) is 6.92. The Morgan fingerprint density at radius 3 is 0.538 bits per heavy atom. The van der Waals surface area contributed by atoms with E-state index >= 15 is 0 Å². The van der Waals surface area contributed by atoms with E-state index in [1.165, 1.54) is 0 Å². The molecule has 0 aliphatic carbocycles. The van der Waals surface area contributed by atoms with E-state index in [-0.39, 0.29) is 156 Å². The van der Waals surface area contributed by atoms with Crippen LogP contribution in [0.5, 0.6) is 0 Å². The van der Waals surface area contributed by atoms with Crippen molar-refractivity contribution in [2.75, 3.05) is 156 Å². The minimum Gasteiger partial charge on any atom is -0.305 e. The molecule has 0 aromatic heterocycles. The molecule has 6 aliphatic rings. The van der Waals surface area contributed by atoms with E-state index in [9.17, 15) is 27.4 Å². The average Bonchev–Trinajstić information content (AvgIpc) is 3.94. The van der Waals surface area contributed by atoms with Gasteiger partial charge in [-0.05, 0) is 0 Å². The predicted molar refractivity (Wildman–Crippen MR) is 183 cm³/mol. The summed E-state index contributed by atoms with van der Waals surface area (Å²) < 4.78 is 145. The van der Waals surface area contributed by atoms with Gasteiger partial charge in [-0.25, -0.2) is 0 Å². The van der Waals surface area contributed by atoms with Crippen LogP contribution >= 0.6 is 45.6 Å². The average molecular weight is 867 g/mol. The Kier molecular flexibility index (Phi) is 15.1. The van der Waals surface area contributed by atoms with Crippen molar-refractivity contribution in [1.29, 1.82) is 0 Å². The van der Waals surface area contributed by atoms with Gasteiger partial charge in [-0.2, -0.15) is 0 Å². The first-order valence-corrected chi connectivity index (χ1v) is 27.3. The maximum absolute atomic E-state index is 13.3. The van der Waals surface area contributed by atoms with Crippen molar-refractivity contribution in [1.82, 2.24) is 19.6 Å². The lowest BCUT2D eigenvalue weighted by Gasteiger charge is -2.33. The monoisotopic (exact) mass is 866 g/mol. The summed E-state index contributed by atoms with van der Waals surface area (Å²) in [6.45, 7) is 3.35. The topological polar surface area (TPSA) is 226 Å². The fourth-order valence-corrected chi connectivity index (χ4v) is 16.6. The van der Waals surface area contributed by atoms with Gasteiger partial charge in [0.15, 0.2) is 0 Å². The minimum absolute atomic E-state index is 0.163. The largest absolute Gasteiger partial charge is 0.344 e. The number of nitrogens with zero attached hydrogens (tertiary/aromatic N) is 4. The first-order chi connectivity index (χ1) is 24.8. The van der Waals surface area contributed by atoms with Gasteiger partial charge < -0.3 is 54.3 Å². The van der Waals surface area contributed by atoms with E-state index < -0.39 is 45.6 Å². The highest BCUT2D eigenvalue weighted by Gasteiger charge is 2.41. The second kappa shape index (κ2) is 18.6. The van der Waals surface area contributed by atoms with E-state index in [1.54, 1.807) is 14.7 Å². The Morgan fingerprint density at radius 1 is 0.250 bits per heavy atom. The lowest BCUT2D eigenvalue weighted by atomic mass is 10.4. The third-order valence-corrected chi connectivity index (χ3v) is 19.8. The van der Waals surface area contributed by atoms with Crippen LogP contribution in [0.4, 0.5) is 0 Å². The summed E-state index contributed by atoms with van der Waals surface area (Å²) in [6.07, 6.45) is -0.993. The molecule has 0 aromatic rings. The maximum Gasteiger partial charge on any atom is 0.344 e. The fraction of sp³-hybridized carbons (Fsp3) is 1.00. The molecule has 0 atom stereocenters. The van der Waals surface area contributed by atoms with Crippen LogP contribution in [-0.4, -0.2) is 176 Å². The van der Waals surface area contributed by atoms with Crippen molar-refractivity contribution in [2.24, 2.45) is 0 Å². The molecule has 0 unspecified atom stereocenters. The molecule has 0 saturated carbocycles. The van der Waals surface area contributed by atoms with Crippen molar-refractivity contribution >= 4 is 45.6 Å². The van der Waals surface area contributed by atoms with Crippen molar-refractivity contribution < 1.29 is 81.7 Å². The van der Waals surface area contributed by atoms with Gasteiger partial charge in [-0.3, -0.25) is 47.0 Å². The molecule has 0 bridgehead atoms. The molecule has 52 heavy (non-hydrogen) atoms. The Morgan fingerprint density at radius 2 is 0.385 bits per heavy atom. The molecule has 0 aromatic carbocycles. The van der Waals surface area contributed by atoms with Gasteiger partial charge in [0.2, 0.25) is 0 Å². The van der Waals surface area contributed by atoms with Crippen molar-refractivity contribution in [3.63, 3.8) is 0 Å². The first kappa shape index (κ1) is 42.3. The van der Waals surface area contributed by atoms with Crippen LogP contribution in [0, 0.1) is 0 Å². The summed E-state index contributed by atoms with van der Waals surface area (Å²) in [6, 6.07) is 0. The molecule has 28 heteroatoms. The molecule has 6 rings (SSSR count). The molecule has 0 spiro atoms. The Balaban J connectivity index is 1.18. The molecular formula is C24H48N4O18P6. The molecule has 302 valence electrons. The second-order valence-corrected chi connectivity index (χ2v) is 24.7. The van der Waals surface area contributed by atoms with Gasteiger partial charge in [0, 0.05) is 39.3 Å². The number of hydrogen-bond acceptors (Lipinski definition) is 22. The molecular weight excluding hydrogens is 818 g/mol. The molecule has 6 aliphatic heterocycles. The smallest absolute Gasteiger partial charge is 0.305 e. The normalized spacial score (nSPS) is 27.2. The molecule has 22 nitrogen and oxygen atoms in total. The lowest BCUT2D eigenvalue weighted by molar-refractivity contribution is 0.172. The summed E-state index contributed by atoms with van der Waals surface area (Å²) >= 11 is 0. The molecule has 6 saturated heterocycles. The van der Waals surface area contributed by atoms with E-state index in [4.69, 9.17) is 54.3 Å². The highest BCUT2D eigenvalue weighted by atomic mass is 31.2. The van der Waals surface area contributed by atoms with Crippen LogP contribution in [0.1, 0.15) is 0 Å². The van der Waals surface area contributed by atoms with Crippen molar-refractivity contribution in [2.45, 2.75) is 0 Å². The van der Waals surface area contributed by atoms with Crippen molar-refractivity contribution in [3.05, 3.63) is 0 Å². The first-order valence-electron chi connectivity index (χ1n) is 16.9. The third kappa shape index (κ3) is 12.6. The van der Waals surface area contributed by atoms with Crippen LogP contribution in [-0.2, 0) is 81.7 Å². The third-order valence-electron chi connectivity index (χ3n) is 8.39. The summed E-state index contributed by atoms with van der Waals surface area (Å²) in [5.41, 5.74) is 0. The molecule has 0 radical (unpaired) electrons. The fourth-order valence-electron chi connectivity index (χ4n) is 6.04. The van der Waals surface area contributed by atoms with Gasteiger partial charge in [-0.1, -0.05) is 0 Å². The predicted octanol–water partition coefficient (Wildman–Crippen LogP) is 3.38. The Bertz CT molecular complexity index is 1180. The zero-order valence-corrected chi connectivity index (χ0v) is 34.2. The minimum atomic E-state index is -3.51. The van der Waals surface area contributed by atoms with E-state index in [1.807, 2.05) is 4.90 Å². The van der Waals surface area contributed by atoms with Crippen LogP contribution in [0.2, 0.25) is 0 Å². The molecule has 6 heterocycles. The Labute approximate surface area is 302 Å². The molecule has 0 N–H and O–H groups in total. The number of hydrogen-bond donors (Lipinski definition) is 0. The quantitative estimate of drug-likeness (QED) is 0.151. The van der Waals surface area contributed by atoms with Gasteiger partial charge in [0.1, 0.15) is 37.7 Å². The lowest BCUT2D eigenvalue weighted by Crippen LogP contribution is -2.44. The summed E-state index contributed by atoms with van der Waals surface area (Å²) in [7, 11) is -21.1. The van der Waals surface area contributed by atoms with E-state index in [2.05, 4.69) is 0 Å². The SMILES string of the molecule is O=P1(CN(CCN(CCN(CP2(=O)OCCO2)CP2(=O)OCCO2)CCN(CP2(=O)OCCO2)CP2(=O)OCCO2)CP2(=O)OCCO2)OCCO1. The highest BCUT2D eigenvalue weighted by molar-refractivity contribution is 7.56. The molecule has 0 amide bonds.